The number of carbonyl (C=O) groups is 3. The molecule has 3 amide bonds. The molecule has 3 unspecified atom stereocenters. The van der Waals surface area contributed by atoms with Gasteiger partial charge in [-0.2, -0.15) is 0 Å². The average Bonchev–Trinajstić information content (AvgIpc) is 3.62. The van der Waals surface area contributed by atoms with Crippen LogP contribution in [0.15, 0.2) is 98.1 Å². The Morgan fingerprint density at radius 1 is 0.979 bits per heavy atom. The highest BCUT2D eigenvalue weighted by Gasteiger charge is 2.80. The van der Waals surface area contributed by atoms with Gasteiger partial charge in [0.2, 0.25) is 11.8 Å². The summed E-state index contributed by atoms with van der Waals surface area (Å²) in [4.78, 5) is 50.0. The summed E-state index contributed by atoms with van der Waals surface area (Å²) >= 11 is 0. The second-order valence-corrected chi connectivity index (χ2v) is 13.9. The summed E-state index contributed by atoms with van der Waals surface area (Å²) in [5.41, 5.74) is -0.883. The lowest BCUT2D eigenvalue weighted by Gasteiger charge is -2.41. The van der Waals surface area contributed by atoms with E-state index in [0.717, 1.165) is 10.8 Å². The molecule has 8 atom stereocenters. The van der Waals surface area contributed by atoms with Crippen molar-refractivity contribution in [1.82, 2.24) is 4.90 Å². The minimum absolute atomic E-state index is 0.112. The number of fused-ring (bicyclic) bond motifs is 2. The minimum atomic E-state index is -1.27. The van der Waals surface area contributed by atoms with Crippen LogP contribution in [0.1, 0.15) is 40.5 Å². The molecule has 0 aromatic heterocycles. The number of carbonyl (C=O) groups excluding carboxylic acids is 3. The van der Waals surface area contributed by atoms with Gasteiger partial charge in [0.1, 0.15) is 11.6 Å². The van der Waals surface area contributed by atoms with Crippen molar-refractivity contribution in [3.63, 3.8) is 0 Å². The van der Waals surface area contributed by atoms with E-state index in [2.05, 4.69) is 13.2 Å². The number of aliphatic hydroxyl groups excluding tert-OH is 1. The van der Waals surface area contributed by atoms with Crippen molar-refractivity contribution in [3.8, 4) is 0 Å². The van der Waals surface area contributed by atoms with Gasteiger partial charge in [-0.15, -0.1) is 13.2 Å². The van der Waals surface area contributed by atoms with Crippen molar-refractivity contribution in [1.29, 1.82) is 0 Å². The Morgan fingerprint density at radius 3 is 2.23 bits per heavy atom. The van der Waals surface area contributed by atoms with E-state index in [1.807, 2.05) is 100 Å². The number of amides is 3. The predicted molar refractivity (Wildman–Crippen MR) is 189 cm³/mol. The summed E-state index contributed by atoms with van der Waals surface area (Å²) in [5, 5.41) is 12.9. The number of likely N-dealkylation sites (tertiary alicyclic amines) is 1. The molecule has 2 bridgehead atoms. The number of nitrogens with zero attached hydrogens (tertiary/aromatic N) is 3. The first-order chi connectivity index (χ1) is 23.1. The maximum Gasteiger partial charge on any atom is 0.253 e. The lowest BCUT2D eigenvalue weighted by molar-refractivity contribution is -0.150. The monoisotopic (exact) mass is 649 g/mol. The molecule has 6 rings (SSSR count). The van der Waals surface area contributed by atoms with Gasteiger partial charge in [-0.1, -0.05) is 87.9 Å². The number of hydrogen-bond donors (Lipinski definition) is 1. The number of rotatable bonds is 12. The molecule has 252 valence electrons. The van der Waals surface area contributed by atoms with Crippen LogP contribution in [-0.2, 0) is 19.1 Å². The SMILES string of the molecule is C=CCN(C(=O)C1N([C@@H](CO)[C@@H](C)CC)C(=O)[C@@H]2[C@@H](C(=O)N(CC=C)c3ccccc3)[C@]3(C)OC12CC3C)c1ccc2ccccc2c1. The smallest absolute Gasteiger partial charge is 0.253 e. The Hall–Kier alpha value is -4.27. The molecule has 3 heterocycles. The van der Waals surface area contributed by atoms with Crippen LogP contribution in [0.3, 0.4) is 0 Å². The minimum Gasteiger partial charge on any atom is -0.394 e. The van der Waals surface area contributed by atoms with Gasteiger partial charge < -0.3 is 24.5 Å². The van der Waals surface area contributed by atoms with Crippen molar-refractivity contribution < 1.29 is 24.2 Å². The lowest BCUT2D eigenvalue weighted by atomic mass is 9.62. The summed E-state index contributed by atoms with van der Waals surface area (Å²) in [6.45, 7) is 16.0. The summed E-state index contributed by atoms with van der Waals surface area (Å²) in [5.74, 6) is -2.85. The third kappa shape index (κ3) is 5.08. The molecule has 3 aliphatic heterocycles. The van der Waals surface area contributed by atoms with Gasteiger partial charge in [0.15, 0.2) is 0 Å². The van der Waals surface area contributed by atoms with Crippen molar-refractivity contribution >= 4 is 39.9 Å². The summed E-state index contributed by atoms with van der Waals surface area (Å²) in [6, 6.07) is 21.5. The molecule has 3 fully saturated rings. The molecular formula is C40H47N3O5. The first-order valence-electron chi connectivity index (χ1n) is 17.1. The van der Waals surface area contributed by atoms with Crippen LogP contribution in [0.2, 0.25) is 0 Å². The molecule has 0 saturated carbocycles. The predicted octanol–water partition coefficient (Wildman–Crippen LogP) is 6.00. The largest absolute Gasteiger partial charge is 0.394 e. The molecule has 0 aliphatic carbocycles. The molecule has 3 aromatic rings. The Balaban J connectivity index is 1.51. The Morgan fingerprint density at radius 2 is 1.60 bits per heavy atom. The zero-order valence-corrected chi connectivity index (χ0v) is 28.4. The van der Waals surface area contributed by atoms with Gasteiger partial charge in [0.25, 0.3) is 5.91 Å². The number of anilines is 2. The fraction of sp³-hybridized carbons (Fsp3) is 0.425. The van der Waals surface area contributed by atoms with Crippen molar-refractivity contribution in [2.75, 3.05) is 29.5 Å². The fourth-order valence-corrected chi connectivity index (χ4v) is 8.68. The maximum atomic E-state index is 15.2. The number of benzene rings is 3. The van der Waals surface area contributed by atoms with E-state index in [0.29, 0.717) is 24.2 Å². The lowest BCUT2D eigenvalue weighted by Crippen LogP contribution is -2.60. The molecule has 1 N–H and O–H groups in total. The van der Waals surface area contributed by atoms with Crippen LogP contribution in [0.5, 0.6) is 0 Å². The molecule has 3 aromatic carbocycles. The van der Waals surface area contributed by atoms with E-state index in [-0.39, 0.29) is 49.3 Å². The van der Waals surface area contributed by atoms with E-state index < -0.39 is 35.1 Å². The number of aliphatic hydroxyl groups is 1. The molecule has 0 radical (unpaired) electrons. The van der Waals surface area contributed by atoms with Gasteiger partial charge in [-0.05, 0) is 60.2 Å². The molecule has 3 aliphatic rings. The van der Waals surface area contributed by atoms with E-state index >= 15 is 9.59 Å². The van der Waals surface area contributed by atoms with Crippen LogP contribution in [-0.4, -0.2) is 70.7 Å². The average molecular weight is 650 g/mol. The highest BCUT2D eigenvalue weighted by atomic mass is 16.5. The van der Waals surface area contributed by atoms with E-state index in [1.165, 1.54) is 0 Å². The Kier molecular flexibility index (Phi) is 9.09. The number of hydrogen-bond acceptors (Lipinski definition) is 5. The topological polar surface area (TPSA) is 90.4 Å². The molecule has 1 spiro atoms. The standard InChI is InChI=1S/C40H47N3O5/c1-7-21-41(30-17-11-10-12-18-30)36(45)33-34-37(46)43(32(25-44)26(4)9-3)35(40(34)24-27(5)39(33,6)48-40)38(47)42(22-8-2)31-20-19-28-15-13-14-16-29(28)23-31/h7-8,10-20,23,26-27,32-35,44H,1-2,9,21-22,24-25H2,3-6H3/t26-,27?,32-,33-,34-,35?,39+,40?/m0/s1. The first-order valence-corrected chi connectivity index (χ1v) is 17.1. The number of para-hydroxylation sites is 1. The van der Waals surface area contributed by atoms with Gasteiger partial charge >= 0.3 is 0 Å². The summed E-state index contributed by atoms with van der Waals surface area (Å²) < 4.78 is 7.07. The quantitative estimate of drug-likeness (QED) is 0.243. The van der Waals surface area contributed by atoms with Gasteiger partial charge in [0.05, 0.1) is 30.1 Å². The van der Waals surface area contributed by atoms with Gasteiger partial charge in [-0.3, -0.25) is 14.4 Å². The molecule has 8 nitrogen and oxygen atoms in total. The van der Waals surface area contributed by atoms with Crippen LogP contribution >= 0.6 is 0 Å². The fourth-order valence-electron chi connectivity index (χ4n) is 8.68. The summed E-state index contributed by atoms with van der Waals surface area (Å²) in [7, 11) is 0. The highest BCUT2D eigenvalue weighted by Crippen LogP contribution is 2.66. The molecular weight excluding hydrogens is 602 g/mol. The van der Waals surface area contributed by atoms with Crippen LogP contribution in [0.4, 0.5) is 11.4 Å². The van der Waals surface area contributed by atoms with Gasteiger partial charge in [-0.25, -0.2) is 0 Å². The Labute approximate surface area is 283 Å². The van der Waals surface area contributed by atoms with Crippen LogP contribution in [0.25, 0.3) is 10.8 Å². The van der Waals surface area contributed by atoms with Gasteiger partial charge in [0, 0.05) is 24.5 Å². The van der Waals surface area contributed by atoms with Crippen molar-refractivity contribution in [2.45, 2.75) is 63.8 Å². The molecule has 48 heavy (non-hydrogen) atoms. The zero-order valence-electron chi connectivity index (χ0n) is 28.4. The molecule has 3 saturated heterocycles. The van der Waals surface area contributed by atoms with E-state index in [9.17, 15) is 9.90 Å². The van der Waals surface area contributed by atoms with E-state index in [1.54, 1.807) is 26.9 Å². The normalized spacial score (nSPS) is 28.6. The zero-order chi connectivity index (χ0) is 34.4. The number of ether oxygens (including phenoxy) is 1. The third-order valence-corrected chi connectivity index (χ3v) is 11.4. The first kappa shape index (κ1) is 33.6. The second-order valence-electron chi connectivity index (χ2n) is 13.9. The maximum absolute atomic E-state index is 15.2. The Bertz CT molecular complexity index is 1730. The third-order valence-electron chi connectivity index (χ3n) is 11.4. The van der Waals surface area contributed by atoms with Crippen molar-refractivity contribution in [2.24, 2.45) is 23.7 Å². The summed E-state index contributed by atoms with van der Waals surface area (Å²) in [6.07, 6.45) is 4.48. The van der Waals surface area contributed by atoms with Crippen LogP contribution < -0.4 is 9.80 Å². The van der Waals surface area contributed by atoms with E-state index in [4.69, 9.17) is 4.74 Å². The second kappa shape index (κ2) is 13.0. The highest BCUT2D eigenvalue weighted by molar-refractivity contribution is 6.07. The molecule has 8 heteroatoms. The van der Waals surface area contributed by atoms with Crippen LogP contribution in [0, 0.1) is 23.7 Å². The van der Waals surface area contributed by atoms with Crippen molar-refractivity contribution in [3.05, 3.63) is 98.1 Å².